The van der Waals surface area contributed by atoms with Gasteiger partial charge >= 0.3 is 0 Å². The molecule has 212 valence electrons. The van der Waals surface area contributed by atoms with E-state index in [0.717, 1.165) is 77.6 Å². The van der Waals surface area contributed by atoms with E-state index in [1.54, 1.807) is 0 Å². The maximum atomic E-state index is 6.22. The topological polar surface area (TPSA) is 42.4 Å². The van der Waals surface area contributed by atoms with Gasteiger partial charge in [0, 0.05) is 38.5 Å². The van der Waals surface area contributed by atoms with Gasteiger partial charge in [0.25, 0.3) is 0 Å². The first kappa shape index (κ1) is 25.4. The normalized spacial score (nSPS) is 11.6. The van der Waals surface area contributed by atoms with Gasteiger partial charge in [0.15, 0.2) is 5.58 Å². The summed E-state index contributed by atoms with van der Waals surface area (Å²) in [6.07, 6.45) is 0. The first-order valence-electron chi connectivity index (χ1n) is 15.1. The highest BCUT2D eigenvalue weighted by molar-refractivity contribution is 6.13. The third kappa shape index (κ3) is 4.19. The molecule has 0 aliphatic rings. The number of anilines is 3. The van der Waals surface area contributed by atoms with Crippen LogP contribution in [0.4, 0.5) is 17.1 Å². The van der Waals surface area contributed by atoms with E-state index >= 15 is 0 Å². The molecular formula is C41H26N2O2. The van der Waals surface area contributed by atoms with Crippen molar-refractivity contribution in [3.63, 3.8) is 0 Å². The van der Waals surface area contributed by atoms with Crippen LogP contribution in [0.5, 0.6) is 0 Å². The lowest BCUT2D eigenvalue weighted by molar-refractivity contribution is 0.620. The number of hydrogen-bond acceptors (Lipinski definition) is 4. The highest BCUT2D eigenvalue weighted by Crippen LogP contribution is 2.43. The van der Waals surface area contributed by atoms with E-state index in [4.69, 9.17) is 13.8 Å². The quantitative estimate of drug-likeness (QED) is 0.204. The second-order valence-electron chi connectivity index (χ2n) is 11.2. The van der Waals surface area contributed by atoms with E-state index in [2.05, 4.69) is 108 Å². The fourth-order valence-corrected chi connectivity index (χ4v) is 6.46. The Hall–Kier alpha value is -6.13. The third-order valence-corrected chi connectivity index (χ3v) is 8.49. The fraction of sp³-hybridized carbons (Fsp3) is 0. The minimum Gasteiger partial charge on any atom is -0.456 e. The van der Waals surface area contributed by atoms with Crippen LogP contribution in [0.3, 0.4) is 0 Å². The molecule has 0 bridgehead atoms. The van der Waals surface area contributed by atoms with Crippen molar-refractivity contribution in [3.8, 4) is 22.6 Å². The van der Waals surface area contributed by atoms with Gasteiger partial charge in [-0.3, -0.25) is 0 Å². The maximum absolute atomic E-state index is 6.22. The van der Waals surface area contributed by atoms with Crippen molar-refractivity contribution in [1.82, 2.24) is 4.98 Å². The molecule has 0 radical (unpaired) electrons. The molecule has 0 aliphatic heterocycles. The molecule has 4 heteroatoms. The van der Waals surface area contributed by atoms with Gasteiger partial charge in [-0.15, -0.1) is 0 Å². The van der Waals surface area contributed by atoms with Crippen LogP contribution in [-0.4, -0.2) is 4.98 Å². The van der Waals surface area contributed by atoms with Gasteiger partial charge in [0.05, 0.1) is 5.69 Å². The summed E-state index contributed by atoms with van der Waals surface area (Å²) in [6, 6.07) is 54.4. The molecular weight excluding hydrogens is 552 g/mol. The van der Waals surface area contributed by atoms with Crippen LogP contribution < -0.4 is 4.90 Å². The van der Waals surface area contributed by atoms with Crippen molar-refractivity contribution >= 4 is 60.9 Å². The second kappa shape index (κ2) is 10.2. The lowest BCUT2D eigenvalue weighted by Crippen LogP contribution is -2.10. The van der Waals surface area contributed by atoms with Gasteiger partial charge < -0.3 is 13.7 Å². The maximum Gasteiger partial charge on any atom is 0.227 e. The van der Waals surface area contributed by atoms with Gasteiger partial charge in [-0.25, -0.2) is 4.98 Å². The standard InChI is InChI=1S/C41H26N2O2/c1-3-12-27(13-4-1)41-42-40-33-20-10-21-35(32(33)24-25-38(40)45-41)43(29-15-5-2-6-16-29)30-17-9-14-28(26-30)31-19-11-23-37-39(31)34-18-7-8-22-36(34)44-37/h1-26H. The largest absolute Gasteiger partial charge is 0.456 e. The van der Waals surface area contributed by atoms with Crippen molar-refractivity contribution in [2.75, 3.05) is 4.90 Å². The second-order valence-corrected chi connectivity index (χ2v) is 11.2. The Morgan fingerprint density at radius 3 is 2.02 bits per heavy atom. The number of benzene rings is 7. The Morgan fingerprint density at radius 2 is 1.13 bits per heavy atom. The molecule has 0 unspecified atom stereocenters. The highest BCUT2D eigenvalue weighted by atomic mass is 16.3. The molecule has 0 saturated heterocycles. The van der Waals surface area contributed by atoms with Gasteiger partial charge in [0.1, 0.15) is 16.7 Å². The smallest absolute Gasteiger partial charge is 0.227 e. The van der Waals surface area contributed by atoms with E-state index in [9.17, 15) is 0 Å². The van der Waals surface area contributed by atoms with Crippen LogP contribution in [0, 0.1) is 0 Å². The predicted molar refractivity (Wildman–Crippen MR) is 184 cm³/mol. The fourth-order valence-electron chi connectivity index (χ4n) is 6.46. The number of aromatic nitrogens is 1. The number of nitrogens with zero attached hydrogens (tertiary/aromatic N) is 2. The Balaban J connectivity index is 1.24. The number of oxazole rings is 1. The molecule has 9 aromatic rings. The van der Waals surface area contributed by atoms with Crippen molar-refractivity contribution in [2.24, 2.45) is 0 Å². The third-order valence-electron chi connectivity index (χ3n) is 8.49. The molecule has 7 aromatic carbocycles. The predicted octanol–water partition coefficient (Wildman–Crippen LogP) is 11.7. The van der Waals surface area contributed by atoms with Crippen molar-refractivity contribution in [1.29, 1.82) is 0 Å². The molecule has 0 amide bonds. The van der Waals surface area contributed by atoms with Gasteiger partial charge in [-0.2, -0.15) is 0 Å². The summed E-state index contributed by atoms with van der Waals surface area (Å²) >= 11 is 0. The Labute approximate surface area is 259 Å². The zero-order valence-corrected chi connectivity index (χ0v) is 24.2. The lowest BCUT2D eigenvalue weighted by Gasteiger charge is -2.27. The van der Waals surface area contributed by atoms with Crippen LogP contribution in [0.25, 0.3) is 66.4 Å². The van der Waals surface area contributed by atoms with Crippen molar-refractivity contribution < 1.29 is 8.83 Å². The highest BCUT2D eigenvalue weighted by Gasteiger charge is 2.19. The minimum atomic E-state index is 0.622. The molecule has 0 saturated carbocycles. The monoisotopic (exact) mass is 578 g/mol. The SMILES string of the molecule is c1ccc(-c2nc3c(ccc4c(N(c5ccccc5)c5cccc(-c6cccc7oc8ccccc8c67)c5)cccc43)o2)cc1. The molecule has 0 fully saturated rings. The van der Waals surface area contributed by atoms with Crippen LogP contribution in [-0.2, 0) is 0 Å². The average molecular weight is 579 g/mol. The zero-order valence-electron chi connectivity index (χ0n) is 24.2. The zero-order chi connectivity index (χ0) is 29.7. The first-order chi connectivity index (χ1) is 22.3. The van der Waals surface area contributed by atoms with Crippen LogP contribution in [0.1, 0.15) is 0 Å². The van der Waals surface area contributed by atoms with Crippen LogP contribution in [0.2, 0.25) is 0 Å². The van der Waals surface area contributed by atoms with Crippen molar-refractivity contribution in [3.05, 3.63) is 158 Å². The van der Waals surface area contributed by atoms with Crippen molar-refractivity contribution in [2.45, 2.75) is 0 Å². The summed E-state index contributed by atoms with van der Waals surface area (Å²) in [6.45, 7) is 0. The van der Waals surface area contributed by atoms with Gasteiger partial charge in [-0.1, -0.05) is 91.0 Å². The summed E-state index contributed by atoms with van der Waals surface area (Å²) in [5, 5.41) is 4.39. The molecule has 0 aliphatic carbocycles. The number of furan rings is 1. The van der Waals surface area contributed by atoms with E-state index < -0.39 is 0 Å². The molecule has 2 heterocycles. The van der Waals surface area contributed by atoms with E-state index in [1.165, 1.54) is 0 Å². The summed E-state index contributed by atoms with van der Waals surface area (Å²) in [7, 11) is 0. The molecule has 0 spiro atoms. The molecule has 0 N–H and O–H groups in total. The van der Waals surface area contributed by atoms with Crippen LogP contribution in [0.15, 0.2) is 167 Å². The summed E-state index contributed by atoms with van der Waals surface area (Å²) < 4.78 is 12.4. The molecule has 4 nitrogen and oxygen atoms in total. The average Bonchev–Trinajstić information content (AvgIpc) is 3.72. The summed E-state index contributed by atoms with van der Waals surface area (Å²) in [5.74, 6) is 0.622. The number of fused-ring (bicyclic) bond motifs is 6. The number of hydrogen-bond donors (Lipinski definition) is 0. The van der Waals surface area contributed by atoms with Gasteiger partial charge in [-0.05, 0) is 77.9 Å². The van der Waals surface area contributed by atoms with Gasteiger partial charge in [0.2, 0.25) is 5.89 Å². The summed E-state index contributed by atoms with van der Waals surface area (Å²) in [5.41, 5.74) is 9.82. The first-order valence-corrected chi connectivity index (χ1v) is 15.1. The lowest BCUT2D eigenvalue weighted by atomic mass is 9.98. The molecule has 9 rings (SSSR count). The Kier molecular flexibility index (Phi) is 5.78. The van der Waals surface area contributed by atoms with E-state index in [-0.39, 0.29) is 0 Å². The van der Waals surface area contributed by atoms with E-state index in [1.807, 2.05) is 54.6 Å². The van der Waals surface area contributed by atoms with Crippen LogP contribution >= 0.6 is 0 Å². The Bertz CT molecular complexity index is 2490. The minimum absolute atomic E-state index is 0.622. The number of rotatable bonds is 5. The number of para-hydroxylation sites is 2. The summed E-state index contributed by atoms with van der Waals surface area (Å²) in [4.78, 5) is 7.29. The molecule has 45 heavy (non-hydrogen) atoms. The molecule has 2 aromatic heterocycles. The molecule has 0 atom stereocenters. The van der Waals surface area contributed by atoms with E-state index in [0.29, 0.717) is 5.89 Å². The Morgan fingerprint density at radius 1 is 0.444 bits per heavy atom.